The molecule has 0 heterocycles. The molecule has 4 N–H and O–H groups in total. The van der Waals surface area contributed by atoms with Crippen molar-refractivity contribution in [3.8, 4) is 0 Å². The molecule has 0 aliphatic heterocycles. The third-order valence-corrected chi connectivity index (χ3v) is 13.1. The molecule has 4 aromatic rings. The summed E-state index contributed by atoms with van der Waals surface area (Å²) < 4.78 is 0. The summed E-state index contributed by atoms with van der Waals surface area (Å²) >= 11 is 0. The molecular weight excluding hydrogens is 653 g/mol. The van der Waals surface area contributed by atoms with Gasteiger partial charge in [0.15, 0.2) is 0 Å². The molecule has 292 valence electrons. The minimum absolute atomic E-state index is 0.398. The predicted octanol–water partition coefficient (Wildman–Crippen LogP) is 15.2. The van der Waals surface area contributed by atoms with Crippen molar-refractivity contribution in [3.63, 3.8) is 0 Å². The highest BCUT2D eigenvalue weighted by Gasteiger charge is 2.26. The van der Waals surface area contributed by atoms with Gasteiger partial charge >= 0.3 is 0 Å². The first-order valence-electron chi connectivity index (χ1n) is 22.2. The van der Waals surface area contributed by atoms with E-state index in [4.69, 9.17) is 11.5 Å². The van der Waals surface area contributed by atoms with E-state index in [0.717, 1.165) is 23.2 Å². The van der Waals surface area contributed by atoms with Crippen LogP contribution in [0, 0.1) is 25.7 Å². The summed E-state index contributed by atoms with van der Waals surface area (Å²) in [5.41, 5.74) is 25.4. The first-order valence-corrected chi connectivity index (χ1v) is 22.2. The van der Waals surface area contributed by atoms with Crippen LogP contribution < -0.4 is 11.5 Å². The summed E-state index contributed by atoms with van der Waals surface area (Å²) in [5.74, 6) is 2.95. The fourth-order valence-corrected chi connectivity index (χ4v) is 9.90. The molecule has 4 aromatic carbocycles. The Bertz CT molecular complexity index is 1550. The molecule has 1 aliphatic rings. The number of aryl methyl sites for hydroxylation is 2. The molecular formula is C52H74N2. The van der Waals surface area contributed by atoms with Gasteiger partial charge < -0.3 is 11.5 Å². The molecule has 0 saturated heterocycles. The van der Waals surface area contributed by atoms with E-state index < -0.39 is 0 Å². The first-order chi connectivity index (χ1) is 26.3. The van der Waals surface area contributed by atoms with Crippen LogP contribution in [0.15, 0.2) is 84.9 Å². The SMILES string of the molecule is CCCCCC(c1ccc(C(CCC(CCCC)C2CCCCC2)c2ccc(C(CCCCC)c3ccc(N)cc3C)cc2)cc1)c1ccc(N)cc1C. The van der Waals surface area contributed by atoms with Gasteiger partial charge in [-0.2, -0.15) is 0 Å². The van der Waals surface area contributed by atoms with E-state index in [1.165, 1.54) is 160 Å². The van der Waals surface area contributed by atoms with Crippen LogP contribution >= 0.6 is 0 Å². The van der Waals surface area contributed by atoms with Crippen molar-refractivity contribution in [1.29, 1.82) is 0 Å². The second-order valence-electron chi connectivity index (χ2n) is 17.1. The van der Waals surface area contributed by atoms with Crippen molar-refractivity contribution in [3.05, 3.63) is 129 Å². The number of nitrogens with two attached hydrogens (primary N) is 2. The molecule has 1 aliphatic carbocycles. The quantitative estimate of drug-likeness (QED) is 0.0663. The van der Waals surface area contributed by atoms with E-state index in [2.05, 4.69) is 120 Å². The van der Waals surface area contributed by atoms with Crippen LogP contribution in [0.5, 0.6) is 0 Å². The molecule has 2 heteroatoms. The second kappa shape index (κ2) is 21.5. The maximum Gasteiger partial charge on any atom is 0.0316 e. The van der Waals surface area contributed by atoms with Crippen LogP contribution in [0.4, 0.5) is 11.4 Å². The number of benzene rings is 4. The maximum atomic E-state index is 6.21. The Balaban J connectivity index is 1.48. The number of hydrogen-bond acceptors (Lipinski definition) is 2. The first kappa shape index (κ1) is 41.6. The Morgan fingerprint density at radius 3 is 1.30 bits per heavy atom. The lowest BCUT2D eigenvalue weighted by atomic mass is 9.74. The lowest BCUT2D eigenvalue weighted by Gasteiger charge is -2.32. The minimum atomic E-state index is 0.398. The third kappa shape index (κ3) is 11.5. The molecule has 0 bridgehead atoms. The van der Waals surface area contributed by atoms with Crippen molar-refractivity contribution in [1.82, 2.24) is 0 Å². The summed E-state index contributed by atoms with van der Waals surface area (Å²) in [6, 6.07) is 32.9. The lowest BCUT2D eigenvalue weighted by Crippen LogP contribution is -2.19. The minimum Gasteiger partial charge on any atom is -0.399 e. The molecule has 0 amide bonds. The van der Waals surface area contributed by atoms with Gasteiger partial charge in [-0.3, -0.25) is 0 Å². The van der Waals surface area contributed by atoms with Gasteiger partial charge in [0.25, 0.3) is 0 Å². The number of hydrogen-bond donors (Lipinski definition) is 2. The van der Waals surface area contributed by atoms with Crippen LogP contribution in [-0.4, -0.2) is 0 Å². The van der Waals surface area contributed by atoms with E-state index >= 15 is 0 Å². The summed E-state index contributed by atoms with van der Waals surface area (Å²) in [4.78, 5) is 0. The summed E-state index contributed by atoms with van der Waals surface area (Å²) in [6.45, 7) is 11.4. The standard InChI is InChI=1S/C52H74N2/c1-6-9-13-20-51(48-34-31-46(53)36-38(48)4)44-26-22-42(23-27-44)50(33-30-41(17-11-8-3)40-18-15-12-16-19-40)43-24-28-45(29-25-43)52(21-14-10-7-2)49-35-32-47(54)37-39(49)5/h22-29,31-32,34-37,40-41,50-52H,6-21,30,33,53-54H2,1-5H3. The van der Waals surface area contributed by atoms with Gasteiger partial charge in [-0.1, -0.05) is 171 Å². The average Bonchev–Trinajstić information content (AvgIpc) is 3.18. The molecule has 2 nitrogen and oxygen atoms in total. The molecule has 0 spiro atoms. The normalized spacial score (nSPS) is 15.9. The molecule has 1 saturated carbocycles. The molecule has 54 heavy (non-hydrogen) atoms. The fourth-order valence-electron chi connectivity index (χ4n) is 9.90. The van der Waals surface area contributed by atoms with Crippen LogP contribution in [0.2, 0.25) is 0 Å². The summed E-state index contributed by atoms with van der Waals surface area (Å²) in [5, 5.41) is 0. The number of rotatable bonds is 21. The van der Waals surface area contributed by atoms with Gasteiger partial charge in [0, 0.05) is 29.1 Å². The molecule has 3 unspecified atom stereocenters. The van der Waals surface area contributed by atoms with E-state index in [1.54, 1.807) is 0 Å². The smallest absolute Gasteiger partial charge is 0.0316 e. The van der Waals surface area contributed by atoms with E-state index in [1.807, 2.05) is 0 Å². The summed E-state index contributed by atoms with van der Waals surface area (Å²) in [7, 11) is 0. The van der Waals surface area contributed by atoms with Gasteiger partial charge in [0.1, 0.15) is 0 Å². The van der Waals surface area contributed by atoms with Crippen molar-refractivity contribution < 1.29 is 0 Å². The highest BCUT2D eigenvalue weighted by atomic mass is 14.5. The number of anilines is 2. The predicted molar refractivity (Wildman–Crippen MR) is 237 cm³/mol. The van der Waals surface area contributed by atoms with Crippen LogP contribution in [0.1, 0.15) is 199 Å². The van der Waals surface area contributed by atoms with Gasteiger partial charge in [0.2, 0.25) is 0 Å². The average molecular weight is 727 g/mol. The fraction of sp³-hybridized carbons (Fsp3) is 0.538. The molecule has 0 aromatic heterocycles. The van der Waals surface area contributed by atoms with Gasteiger partial charge in [0.05, 0.1) is 0 Å². The Kier molecular flexibility index (Phi) is 16.6. The van der Waals surface area contributed by atoms with Gasteiger partial charge in [-0.15, -0.1) is 0 Å². The van der Waals surface area contributed by atoms with E-state index in [0.29, 0.717) is 17.8 Å². The number of nitrogen functional groups attached to an aromatic ring is 2. The highest BCUT2D eigenvalue weighted by Crippen LogP contribution is 2.41. The maximum absolute atomic E-state index is 6.21. The van der Waals surface area contributed by atoms with Crippen molar-refractivity contribution in [2.75, 3.05) is 11.5 Å². The Morgan fingerprint density at radius 1 is 0.463 bits per heavy atom. The molecule has 5 rings (SSSR count). The van der Waals surface area contributed by atoms with Crippen LogP contribution in [-0.2, 0) is 0 Å². The van der Waals surface area contributed by atoms with Crippen molar-refractivity contribution in [2.45, 2.75) is 168 Å². The zero-order valence-electron chi connectivity index (χ0n) is 34.9. The third-order valence-electron chi connectivity index (χ3n) is 13.1. The second-order valence-corrected chi connectivity index (χ2v) is 17.1. The lowest BCUT2D eigenvalue weighted by molar-refractivity contribution is 0.215. The Labute approximate surface area is 330 Å². The largest absolute Gasteiger partial charge is 0.399 e. The number of unbranched alkanes of at least 4 members (excludes halogenated alkanes) is 5. The zero-order chi connectivity index (χ0) is 38.3. The van der Waals surface area contributed by atoms with Crippen molar-refractivity contribution in [2.24, 2.45) is 11.8 Å². The molecule has 1 fully saturated rings. The Hall–Kier alpha value is -3.52. The van der Waals surface area contributed by atoms with Crippen molar-refractivity contribution >= 4 is 11.4 Å². The molecule has 0 radical (unpaired) electrons. The van der Waals surface area contributed by atoms with Gasteiger partial charge in [-0.25, -0.2) is 0 Å². The van der Waals surface area contributed by atoms with E-state index in [9.17, 15) is 0 Å². The van der Waals surface area contributed by atoms with E-state index in [-0.39, 0.29) is 0 Å². The molecule has 3 atom stereocenters. The Morgan fingerprint density at radius 2 is 0.889 bits per heavy atom. The van der Waals surface area contributed by atoms with Crippen LogP contribution in [0.25, 0.3) is 0 Å². The zero-order valence-corrected chi connectivity index (χ0v) is 34.9. The monoisotopic (exact) mass is 727 g/mol. The van der Waals surface area contributed by atoms with Crippen LogP contribution in [0.3, 0.4) is 0 Å². The van der Waals surface area contributed by atoms with Gasteiger partial charge in [-0.05, 0) is 120 Å². The highest BCUT2D eigenvalue weighted by molar-refractivity contribution is 5.50. The topological polar surface area (TPSA) is 52.0 Å². The summed E-state index contributed by atoms with van der Waals surface area (Å²) in [6.07, 6.45) is 23.7.